The van der Waals surface area contributed by atoms with Gasteiger partial charge in [-0.1, -0.05) is 15.9 Å². The summed E-state index contributed by atoms with van der Waals surface area (Å²) in [5.74, 6) is -1.78. The summed E-state index contributed by atoms with van der Waals surface area (Å²) in [5.41, 5.74) is 0.818. The van der Waals surface area contributed by atoms with Gasteiger partial charge in [-0.2, -0.15) is 5.26 Å². The summed E-state index contributed by atoms with van der Waals surface area (Å²) in [5, 5.41) is 9.15. The Labute approximate surface area is 128 Å². The van der Waals surface area contributed by atoms with Crippen LogP contribution in [0.5, 0.6) is 17.2 Å². The molecule has 0 heterocycles. The molecule has 0 aromatic heterocycles. The number of alkyl halides is 1. The minimum absolute atomic E-state index is 0.126. The first-order chi connectivity index (χ1) is 10.1. The van der Waals surface area contributed by atoms with Crippen LogP contribution in [0.2, 0.25) is 0 Å². The Bertz CT molecular complexity index is 690. The van der Waals surface area contributed by atoms with E-state index in [1.807, 2.05) is 6.07 Å². The third-order valence-corrected chi connectivity index (χ3v) is 3.36. The monoisotopic (exact) mass is 353 g/mol. The van der Waals surface area contributed by atoms with Crippen LogP contribution in [0.25, 0.3) is 0 Å². The molecule has 6 heteroatoms. The van der Waals surface area contributed by atoms with E-state index in [-0.39, 0.29) is 11.5 Å². The second-order valence-corrected chi connectivity index (χ2v) is 4.66. The standard InChI is InChI=1S/C15H10BrF2NO2/c1-20-14-6-9(8-19)2-3-13(14)21-15-11(17)4-10(7-16)5-12(15)18/h2-6H,7H2,1H3. The summed E-state index contributed by atoms with van der Waals surface area (Å²) < 4.78 is 38.1. The topological polar surface area (TPSA) is 42.2 Å². The van der Waals surface area contributed by atoms with Gasteiger partial charge in [0.05, 0.1) is 18.7 Å². The van der Waals surface area contributed by atoms with Crippen LogP contribution in [0.3, 0.4) is 0 Å². The third kappa shape index (κ3) is 3.31. The second kappa shape index (κ2) is 6.55. The lowest BCUT2D eigenvalue weighted by molar-refractivity contribution is 0.359. The molecule has 0 bridgehead atoms. The van der Waals surface area contributed by atoms with Crippen molar-refractivity contribution in [3.05, 3.63) is 53.1 Å². The first-order valence-corrected chi connectivity index (χ1v) is 7.01. The molecule has 108 valence electrons. The highest BCUT2D eigenvalue weighted by Crippen LogP contribution is 2.35. The van der Waals surface area contributed by atoms with Gasteiger partial charge in [-0.3, -0.25) is 0 Å². The van der Waals surface area contributed by atoms with E-state index in [2.05, 4.69) is 15.9 Å². The Morgan fingerprint density at radius 3 is 2.33 bits per heavy atom. The van der Waals surface area contributed by atoms with Gasteiger partial charge in [0.2, 0.25) is 0 Å². The average Bonchev–Trinajstić information content (AvgIpc) is 2.50. The van der Waals surface area contributed by atoms with Crippen LogP contribution in [-0.4, -0.2) is 7.11 Å². The maximum Gasteiger partial charge on any atom is 0.198 e. The smallest absolute Gasteiger partial charge is 0.198 e. The zero-order chi connectivity index (χ0) is 15.4. The van der Waals surface area contributed by atoms with Crippen molar-refractivity contribution in [3.8, 4) is 23.3 Å². The van der Waals surface area contributed by atoms with Gasteiger partial charge in [0.25, 0.3) is 0 Å². The molecule has 0 amide bonds. The number of rotatable bonds is 4. The molecule has 0 radical (unpaired) electrons. The Morgan fingerprint density at radius 2 is 1.81 bits per heavy atom. The Balaban J connectivity index is 2.41. The fourth-order valence-corrected chi connectivity index (χ4v) is 2.04. The van der Waals surface area contributed by atoms with E-state index < -0.39 is 17.4 Å². The summed E-state index contributed by atoms with van der Waals surface area (Å²) in [4.78, 5) is 0. The molecule has 0 aliphatic carbocycles. The molecule has 0 N–H and O–H groups in total. The van der Waals surface area contributed by atoms with Crippen LogP contribution >= 0.6 is 15.9 Å². The Kier molecular flexibility index (Phi) is 4.76. The quantitative estimate of drug-likeness (QED) is 0.758. The average molecular weight is 354 g/mol. The highest BCUT2D eigenvalue weighted by Gasteiger charge is 2.16. The second-order valence-electron chi connectivity index (χ2n) is 4.10. The maximum absolute atomic E-state index is 13.9. The van der Waals surface area contributed by atoms with Gasteiger partial charge in [-0.05, 0) is 29.8 Å². The predicted molar refractivity (Wildman–Crippen MR) is 76.8 cm³/mol. The number of hydrogen-bond donors (Lipinski definition) is 0. The minimum Gasteiger partial charge on any atom is -0.493 e. The first kappa shape index (κ1) is 15.3. The number of nitrogens with zero attached hydrogens (tertiary/aromatic N) is 1. The number of ether oxygens (including phenoxy) is 2. The number of hydrogen-bond acceptors (Lipinski definition) is 3. The molecule has 3 nitrogen and oxygen atoms in total. The number of nitriles is 1. The fraction of sp³-hybridized carbons (Fsp3) is 0.133. The van der Waals surface area contributed by atoms with Gasteiger partial charge < -0.3 is 9.47 Å². The molecular formula is C15H10BrF2NO2. The van der Waals surface area contributed by atoms with Gasteiger partial charge in [-0.25, -0.2) is 8.78 Å². The molecule has 0 unspecified atom stereocenters. The zero-order valence-electron chi connectivity index (χ0n) is 11.0. The van der Waals surface area contributed by atoms with Crippen molar-refractivity contribution in [2.45, 2.75) is 5.33 Å². The van der Waals surface area contributed by atoms with Gasteiger partial charge in [0.15, 0.2) is 28.9 Å². The predicted octanol–water partition coefficient (Wildman–Crippen LogP) is 4.53. The van der Waals surface area contributed by atoms with E-state index in [0.29, 0.717) is 16.5 Å². The molecular weight excluding hydrogens is 344 g/mol. The largest absolute Gasteiger partial charge is 0.493 e. The van der Waals surface area contributed by atoms with Crippen molar-refractivity contribution < 1.29 is 18.3 Å². The molecule has 0 saturated heterocycles. The van der Waals surface area contributed by atoms with Crippen molar-refractivity contribution in [3.63, 3.8) is 0 Å². The van der Waals surface area contributed by atoms with E-state index in [0.717, 1.165) is 0 Å². The van der Waals surface area contributed by atoms with Crippen LogP contribution in [0, 0.1) is 23.0 Å². The van der Waals surface area contributed by atoms with Gasteiger partial charge in [0, 0.05) is 11.4 Å². The van der Waals surface area contributed by atoms with Crippen molar-refractivity contribution in [1.29, 1.82) is 5.26 Å². The number of benzene rings is 2. The lowest BCUT2D eigenvalue weighted by Crippen LogP contribution is -1.97. The molecule has 2 rings (SSSR count). The molecule has 0 fully saturated rings. The summed E-state index contributed by atoms with van der Waals surface area (Å²) in [6, 6.07) is 8.64. The molecule has 0 atom stereocenters. The maximum atomic E-state index is 13.9. The normalized spacial score (nSPS) is 10.0. The van der Waals surface area contributed by atoms with Crippen LogP contribution in [-0.2, 0) is 5.33 Å². The van der Waals surface area contributed by atoms with E-state index in [9.17, 15) is 8.78 Å². The minimum atomic E-state index is -0.809. The van der Waals surface area contributed by atoms with Crippen LogP contribution in [0.15, 0.2) is 30.3 Å². The number of methoxy groups -OCH3 is 1. The van der Waals surface area contributed by atoms with Crippen molar-refractivity contribution in [2.24, 2.45) is 0 Å². The lowest BCUT2D eigenvalue weighted by atomic mass is 10.2. The van der Waals surface area contributed by atoms with Crippen molar-refractivity contribution in [2.75, 3.05) is 7.11 Å². The summed E-state index contributed by atoms with van der Waals surface area (Å²) >= 11 is 3.13. The molecule has 2 aromatic rings. The molecule has 21 heavy (non-hydrogen) atoms. The zero-order valence-corrected chi connectivity index (χ0v) is 12.6. The van der Waals surface area contributed by atoms with E-state index in [1.165, 1.54) is 37.4 Å². The Hall–Kier alpha value is -2.13. The third-order valence-electron chi connectivity index (χ3n) is 2.72. The van der Waals surface area contributed by atoms with E-state index in [1.54, 1.807) is 0 Å². The SMILES string of the molecule is COc1cc(C#N)ccc1Oc1c(F)cc(CBr)cc1F. The molecule has 0 spiro atoms. The lowest BCUT2D eigenvalue weighted by Gasteiger charge is -2.12. The summed E-state index contributed by atoms with van der Waals surface area (Å²) in [7, 11) is 1.38. The highest BCUT2D eigenvalue weighted by molar-refractivity contribution is 9.08. The first-order valence-electron chi connectivity index (χ1n) is 5.89. The fourth-order valence-electron chi connectivity index (χ4n) is 1.72. The Morgan fingerprint density at radius 1 is 1.14 bits per heavy atom. The summed E-state index contributed by atoms with van der Waals surface area (Å²) in [6.07, 6.45) is 0. The van der Waals surface area contributed by atoms with Crippen molar-refractivity contribution >= 4 is 15.9 Å². The summed E-state index contributed by atoms with van der Waals surface area (Å²) in [6.45, 7) is 0. The van der Waals surface area contributed by atoms with Gasteiger partial charge in [0.1, 0.15) is 0 Å². The van der Waals surface area contributed by atoms with Crippen LogP contribution in [0.1, 0.15) is 11.1 Å². The highest BCUT2D eigenvalue weighted by atomic mass is 79.9. The molecule has 0 aliphatic heterocycles. The van der Waals surface area contributed by atoms with E-state index in [4.69, 9.17) is 14.7 Å². The molecule has 2 aromatic carbocycles. The van der Waals surface area contributed by atoms with Crippen LogP contribution < -0.4 is 9.47 Å². The molecule has 0 aliphatic rings. The van der Waals surface area contributed by atoms with Gasteiger partial charge >= 0.3 is 0 Å². The van der Waals surface area contributed by atoms with Crippen molar-refractivity contribution in [1.82, 2.24) is 0 Å². The molecule has 0 saturated carbocycles. The number of halogens is 3. The van der Waals surface area contributed by atoms with E-state index >= 15 is 0 Å². The van der Waals surface area contributed by atoms with Crippen LogP contribution in [0.4, 0.5) is 8.78 Å². The van der Waals surface area contributed by atoms with Gasteiger partial charge in [-0.15, -0.1) is 0 Å².